The Hall–Kier alpha value is -3.85. The number of ether oxygens (including phenoxy) is 1. The van der Waals surface area contributed by atoms with Crippen molar-refractivity contribution in [3.8, 4) is 0 Å². The maximum atomic E-state index is 13.1. The molecule has 0 fully saturated rings. The lowest BCUT2D eigenvalue weighted by Crippen LogP contribution is -2.33. The number of hydrogen-bond donors (Lipinski definition) is 3. The molecule has 5 rings (SSSR count). The Bertz CT molecular complexity index is 1590. The maximum absolute atomic E-state index is 13.1. The first-order valence-electron chi connectivity index (χ1n) is 12.0. The summed E-state index contributed by atoms with van der Waals surface area (Å²) in [5.41, 5.74) is 3.33. The molecule has 9 heteroatoms. The van der Waals surface area contributed by atoms with Crippen molar-refractivity contribution >= 4 is 66.8 Å². The fourth-order valence-electron chi connectivity index (χ4n) is 4.65. The van der Waals surface area contributed by atoms with Crippen LogP contribution in [0.5, 0.6) is 0 Å². The number of hydrogen-bond acceptors (Lipinski definition) is 4. The van der Waals surface area contributed by atoms with Crippen molar-refractivity contribution in [3.63, 3.8) is 0 Å². The van der Waals surface area contributed by atoms with E-state index in [-0.39, 0.29) is 0 Å². The number of fused-ring (bicyclic) bond motifs is 2. The molecule has 3 N–H and O–H groups in total. The number of benzene rings is 2. The SMILES string of the molecule is CC(C)(C)OC(=O)NCCCn1cc(C2=C(c3c[nH]c4ccc(Br)cc34)C(=O)NC2=O)c2ccccc21. The lowest BCUT2D eigenvalue weighted by Gasteiger charge is -2.19. The summed E-state index contributed by atoms with van der Waals surface area (Å²) >= 11 is 3.50. The summed E-state index contributed by atoms with van der Waals surface area (Å²) < 4.78 is 8.22. The van der Waals surface area contributed by atoms with E-state index in [1.807, 2.05) is 74.0 Å². The molecule has 2 aromatic heterocycles. The van der Waals surface area contributed by atoms with E-state index in [1.54, 1.807) is 6.20 Å². The first kappa shape index (κ1) is 24.8. The normalized spacial score (nSPS) is 14.1. The second-order valence-electron chi connectivity index (χ2n) is 9.96. The Morgan fingerprint density at radius 2 is 1.76 bits per heavy atom. The van der Waals surface area contributed by atoms with Gasteiger partial charge in [-0.3, -0.25) is 14.9 Å². The lowest BCUT2D eigenvalue weighted by atomic mass is 9.95. The second kappa shape index (κ2) is 9.55. The van der Waals surface area contributed by atoms with Crippen LogP contribution in [-0.2, 0) is 20.9 Å². The molecule has 0 atom stereocenters. The van der Waals surface area contributed by atoms with Gasteiger partial charge in [0.2, 0.25) is 0 Å². The molecule has 0 unspecified atom stereocenters. The van der Waals surface area contributed by atoms with Gasteiger partial charge in [0.25, 0.3) is 11.8 Å². The summed E-state index contributed by atoms with van der Waals surface area (Å²) in [5.74, 6) is -0.835. The van der Waals surface area contributed by atoms with Gasteiger partial charge in [0, 0.05) is 62.9 Å². The molecule has 8 nitrogen and oxygen atoms in total. The molecule has 2 aromatic carbocycles. The number of aromatic nitrogens is 2. The number of carbonyl (C=O) groups is 3. The first-order chi connectivity index (χ1) is 17.6. The fourth-order valence-corrected chi connectivity index (χ4v) is 5.01. The molecule has 3 heterocycles. The zero-order valence-electron chi connectivity index (χ0n) is 20.8. The number of halogens is 1. The highest BCUT2D eigenvalue weighted by Gasteiger charge is 2.35. The highest BCUT2D eigenvalue weighted by molar-refractivity contribution is 9.10. The number of aryl methyl sites for hydroxylation is 1. The summed E-state index contributed by atoms with van der Waals surface area (Å²) in [6, 6.07) is 13.6. The second-order valence-corrected chi connectivity index (χ2v) is 10.9. The van der Waals surface area contributed by atoms with Crippen molar-refractivity contribution in [2.24, 2.45) is 0 Å². The molecular formula is C28H27BrN4O4. The Labute approximate surface area is 222 Å². The third-order valence-electron chi connectivity index (χ3n) is 6.15. The van der Waals surface area contributed by atoms with Crippen molar-refractivity contribution in [1.82, 2.24) is 20.2 Å². The standard InChI is InChI=1S/C28H27BrN4O4/c1-28(2,3)37-27(36)30-11-6-12-33-15-20(17-7-4-5-8-22(17)33)24-23(25(34)32-26(24)35)19-14-31-21-10-9-16(29)13-18(19)21/h4-5,7-10,13-15,31H,6,11-12H2,1-3H3,(H,30,36)(H,32,34,35). The average molecular weight is 563 g/mol. The van der Waals surface area contributed by atoms with Crippen LogP contribution in [0.4, 0.5) is 4.79 Å². The summed E-state index contributed by atoms with van der Waals surface area (Å²) in [6.45, 7) is 6.51. The molecule has 3 amide bonds. The van der Waals surface area contributed by atoms with Crippen molar-refractivity contribution in [2.75, 3.05) is 6.54 Å². The molecule has 0 aliphatic carbocycles. The van der Waals surface area contributed by atoms with Gasteiger partial charge in [0.05, 0.1) is 11.1 Å². The number of nitrogens with one attached hydrogen (secondary N) is 3. The van der Waals surface area contributed by atoms with Gasteiger partial charge in [0.15, 0.2) is 0 Å². The summed E-state index contributed by atoms with van der Waals surface area (Å²) in [7, 11) is 0. The van der Waals surface area contributed by atoms with E-state index < -0.39 is 23.5 Å². The molecular weight excluding hydrogens is 536 g/mol. The first-order valence-corrected chi connectivity index (χ1v) is 12.8. The number of alkyl carbamates (subject to hydrolysis) is 1. The number of carbonyl (C=O) groups excluding carboxylic acids is 3. The maximum Gasteiger partial charge on any atom is 0.407 e. The van der Waals surface area contributed by atoms with E-state index >= 15 is 0 Å². The quantitative estimate of drug-likeness (QED) is 0.217. The van der Waals surface area contributed by atoms with Crippen LogP contribution in [0.15, 0.2) is 59.3 Å². The molecule has 190 valence electrons. The molecule has 0 saturated carbocycles. The van der Waals surface area contributed by atoms with Crippen LogP contribution >= 0.6 is 15.9 Å². The number of imide groups is 1. The van der Waals surface area contributed by atoms with E-state index in [9.17, 15) is 14.4 Å². The van der Waals surface area contributed by atoms with Crippen molar-refractivity contribution in [3.05, 3.63) is 70.5 Å². The van der Waals surface area contributed by atoms with Crippen molar-refractivity contribution in [2.45, 2.75) is 39.3 Å². The molecule has 37 heavy (non-hydrogen) atoms. The monoisotopic (exact) mass is 562 g/mol. The highest BCUT2D eigenvalue weighted by atomic mass is 79.9. The largest absolute Gasteiger partial charge is 0.444 e. The summed E-state index contributed by atoms with van der Waals surface area (Å²) in [4.78, 5) is 41.3. The Kier molecular flexibility index (Phi) is 6.41. The molecule has 1 aliphatic heterocycles. The van der Waals surface area contributed by atoms with Crippen LogP contribution in [0.2, 0.25) is 0 Å². The van der Waals surface area contributed by atoms with Gasteiger partial charge in [-0.1, -0.05) is 34.1 Å². The number of aromatic amines is 1. The minimum absolute atomic E-state index is 0.351. The number of rotatable bonds is 6. The minimum Gasteiger partial charge on any atom is -0.444 e. The van der Waals surface area contributed by atoms with Gasteiger partial charge in [-0.05, 0) is 51.5 Å². The predicted molar refractivity (Wildman–Crippen MR) is 147 cm³/mol. The van der Waals surface area contributed by atoms with E-state index in [1.165, 1.54) is 0 Å². The fraction of sp³-hybridized carbons (Fsp3) is 0.250. The third-order valence-corrected chi connectivity index (χ3v) is 6.64. The van der Waals surface area contributed by atoms with Crippen LogP contribution in [-0.4, -0.2) is 39.6 Å². The van der Waals surface area contributed by atoms with Gasteiger partial charge in [-0.2, -0.15) is 0 Å². The summed E-state index contributed by atoms with van der Waals surface area (Å²) in [6.07, 6.45) is 3.89. The smallest absolute Gasteiger partial charge is 0.407 e. The number of para-hydroxylation sites is 1. The van der Waals surface area contributed by atoms with Crippen LogP contribution in [0, 0.1) is 0 Å². The topological polar surface area (TPSA) is 105 Å². The zero-order valence-corrected chi connectivity index (χ0v) is 22.4. The summed E-state index contributed by atoms with van der Waals surface area (Å²) in [5, 5.41) is 7.00. The minimum atomic E-state index is -0.554. The Balaban J connectivity index is 1.50. The lowest BCUT2D eigenvalue weighted by molar-refractivity contribution is -0.122. The molecule has 0 spiro atoms. The average Bonchev–Trinajstić information content (AvgIpc) is 3.48. The van der Waals surface area contributed by atoms with Crippen LogP contribution < -0.4 is 10.6 Å². The molecule has 4 aromatic rings. The van der Waals surface area contributed by atoms with Gasteiger partial charge in [-0.15, -0.1) is 0 Å². The van der Waals surface area contributed by atoms with Gasteiger partial charge < -0.3 is 19.6 Å². The van der Waals surface area contributed by atoms with Gasteiger partial charge >= 0.3 is 6.09 Å². The molecule has 0 saturated heterocycles. The van der Waals surface area contributed by atoms with Crippen LogP contribution in [0.25, 0.3) is 33.0 Å². The van der Waals surface area contributed by atoms with E-state index in [0.717, 1.165) is 26.3 Å². The molecule has 0 radical (unpaired) electrons. The van der Waals surface area contributed by atoms with Gasteiger partial charge in [0.1, 0.15) is 5.60 Å². The zero-order chi connectivity index (χ0) is 26.3. The highest BCUT2D eigenvalue weighted by Crippen LogP contribution is 2.38. The van der Waals surface area contributed by atoms with Crippen molar-refractivity contribution in [1.29, 1.82) is 0 Å². The number of nitrogens with zero attached hydrogens (tertiary/aromatic N) is 1. The predicted octanol–water partition coefficient (Wildman–Crippen LogP) is 5.37. The Morgan fingerprint density at radius 1 is 1.03 bits per heavy atom. The van der Waals surface area contributed by atoms with E-state index in [2.05, 4.69) is 31.5 Å². The molecule has 0 bridgehead atoms. The van der Waals surface area contributed by atoms with Crippen molar-refractivity contribution < 1.29 is 19.1 Å². The van der Waals surface area contributed by atoms with Gasteiger partial charge in [-0.25, -0.2) is 4.79 Å². The van der Waals surface area contributed by atoms with Crippen LogP contribution in [0.1, 0.15) is 38.3 Å². The van der Waals surface area contributed by atoms with E-state index in [0.29, 0.717) is 41.8 Å². The number of amides is 3. The van der Waals surface area contributed by atoms with E-state index in [4.69, 9.17) is 4.74 Å². The van der Waals surface area contributed by atoms with Crippen LogP contribution in [0.3, 0.4) is 0 Å². The third kappa shape index (κ3) is 4.91. The number of H-pyrrole nitrogens is 1. The Morgan fingerprint density at radius 3 is 2.51 bits per heavy atom. The molecule has 1 aliphatic rings.